The fourth-order valence-corrected chi connectivity index (χ4v) is 3.67. The second kappa shape index (κ2) is 7.96. The zero-order valence-electron chi connectivity index (χ0n) is 17.2. The minimum atomic E-state index is -0.370. The van der Waals surface area contributed by atoms with E-state index in [0.717, 1.165) is 23.1 Å². The summed E-state index contributed by atoms with van der Waals surface area (Å²) in [6.07, 6.45) is 1.97. The second-order valence-corrected chi connectivity index (χ2v) is 6.68. The molecule has 27 heavy (non-hydrogen) atoms. The van der Waals surface area contributed by atoms with Gasteiger partial charge in [-0.15, -0.1) is 0 Å². The van der Waals surface area contributed by atoms with E-state index in [9.17, 15) is 10.2 Å². The number of hydrogen-bond donors (Lipinski definition) is 2. The first-order chi connectivity index (χ1) is 13.4. The number of methoxy groups -OCH3 is 3. The number of aryl methyl sites for hydroxylation is 2. The van der Waals surface area contributed by atoms with Crippen LogP contribution >= 0.6 is 0 Å². The largest absolute Gasteiger partial charge is 0.504 e. The molecule has 0 fully saturated rings. The van der Waals surface area contributed by atoms with E-state index in [1.807, 2.05) is 24.1 Å². The third-order valence-electron chi connectivity index (χ3n) is 5.12. The fourth-order valence-electron chi connectivity index (χ4n) is 3.67. The van der Waals surface area contributed by atoms with Gasteiger partial charge in [0, 0.05) is 13.9 Å². The maximum Gasteiger partial charge on any atom is 0.203 e. The van der Waals surface area contributed by atoms with Crippen molar-refractivity contribution < 1.29 is 25.8 Å². The number of ether oxygens (including phenoxy) is 3. The molecule has 146 valence electrons. The third kappa shape index (κ3) is 3.76. The van der Waals surface area contributed by atoms with Gasteiger partial charge >= 0.3 is 0 Å². The Bertz CT molecular complexity index is 857. The van der Waals surface area contributed by atoms with E-state index in [4.69, 9.17) is 15.6 Å². The van der Waals surface area contributed by atoms with Crippen molar-refractivity contribution in [3.63, 3.8) is 0 Å². The van der Waals surface area contributed by atoms with Crippen LogP contribution in [0.1, 0.15) is 30.5 Å². The molecular formula is C21H27NO5. The Balaban J connectivity index is 1.88. The molecule has 1 heterocycles. The summed E-state index contributed by atoms with van der Waals surface area (Å²) in [6.45, 7) is -0.370. The van der Waals surface area contributed by atoms with Crippen molar-refractivity contribution >= 4 is 0 Å². The lowest BCUT2D eigenvalue weighted by atomic mass is 9.88. The lowest BCUT2D eigenvalue weighted by Crippen LogP contribution is -2.32. The second-order valence-electron chi connectivity index (χ2n) is 6.68. The van der Waals surface area contributed by atoms with Crippen molar-refractivity contribution in [2.75, 3.05) is 34.9 Å². The van der Waals surface area contributed by atoms with Crippen LogP contribution in [0, 0.1) is 0 Å². The maximum atomic E-state index is 10.2. The Labute approximate surface area is 161 Å². The molecule has 0 aliphatic carbocycles. The van der Waals surface area contributed by atoms with Crippen LogP contribution in [-0.4, -0.2) is 50.0 Å². The monoisotopic (exact) mass is 375 g/mol. The van der Waals surface area contributed by atoms with Crippen molar-refractivity contribution in [1.29, 1.82) is 0 Å². The molecule has 0 saturated heterocycles. The molecule has 2 atom stereocenters. The summed E-state index contributed by atoms with van der Waals surface area (Å²) in [6, 6.07) is 7.07. The molecule has 6 heteroatoms. The number of hydrogen-bond acceptors (Lipinski definition) is 6. The maximum absolute atomic E-state index is 10.2. The van der Waals surface area contributed by atoms with Gasteiger partial charge in [-0.1, -0.05) is 0 Å². The van der Waals surface area contributed by atoms with Gasteiger partial charge in [0.25, 0.3) is 0 Å². The Kier molecular flexibility index (Phi) is 5.25. The highest BCUT2D eigenvalue weighted by Gasteiger charge is 2.26. The average molecular weight is 375 g/mol. The fraction of sp³-hybridized carbons (Fsp3) is 0.429. The molecule has 0 bridgehead atoms. The van der Waals surface area contributed by atoms with E-state index < -0.39 is 0 Å². The summed E-state index contributed by atoms with van der Waals surface area (Å²) in [7, 11) is 6.47. The van der Waals surface area contributed by atoms with Crippen LogP contribution in [0.15, 0.2) is 24.3 Å². The van der Waals surface area contributed by atoms with E-state index >= 15 is 0 Å². The Morgan fingerprint density at radius 1 is 1.04 bits per heavy atom. The number of fused-ring (bicyclic) bond motifs is 1. The van der Waals surface area contributed by atoms with Gasteiger partial charge in [0.1, 0.15) is 0 Å². The Morgan fingerprint density at radius 2 is 1.78 bits per heavy atom. The number of phenolic OH excluding ortho intramolecular Hbond substituents is 2. The SMILES string of the molecule is [3H]C1Cc2cc(OC)c(O)cc2C(CCc2cc(O)c(OC)c(OC)c2)N1C. The quantitative estimate of drug-likeness (QED) is 0.807. The van der Waals surface area contributed by atoms with Gasteiger partial charge < -0.3 is 24.4 Å². The van der Waals surface area contributed by atoms with Crippen molar-refractivity contribution in [1.82, 2.24) is 4.90 Å². The van der Waals surface area contributed by atoms with E-state index in [1.54, 1.807) is 12.1 Å². The topological polar surface area (TPSA) is 71.4 Å². The Hall–Kier alpha value is -2.60. The van der Waals surface area contributed by atoms with E-state index in [-0.39, 0.29) is 24.1 Å². The van der Waals surface area contributed by atoms with Gasteiger partial charge in [-0.25, -0.2) is 0 Å². The lowest BCUT2D eigenvalue weighted by Gasteiger charge is -2.35. The standard InChI is InChI=1S/C21H27NO5/c1-22-8-7-14-11-19(25-2)17(23)12-15(14)16(22)6-5-13-9-18(24)21(27-4)20(10-13)26-3/h9-12,16,23-24H,5-8H2,1-4H3/i8T. The van der Waals surface area contributed by atoms with Crippen LogP contribution in [0.5, 0.6) is 28.7 Å². The molecule has 2 unspecified atom stereocenters. The zero-order valence-corrected chi connectivity index (χ0v) is 16.2. The molecule has 2 aromatic carbocycles. The highest BCUT2D eigenvalue weighted by Crippen LogP contribution is 2.41. The van der Waals surface area contributed by atoms with Gasteiger partial charge in [-0.3, -0.25) is 4.90 Å². The van der Waals surface area contributed by atoms with Gasteiger partial charge in [-0.05, 0) is 67.3 Å². The first kappa shape index (κ1) is 17.8. The molecule has 1 aliphatic rings. The van der Waals surface area contributed by atoms with Crippen molar-refractivity contribution in [3.8, 4) is 28.7 Å². The molecule has 0 amide bonds. The number of likely N-dealkylation sites (N-methyl/N-ethyl adjacent to an activating group) is 1. The average Bonchev–Trinajstić information content (AvgIpc) is 2.68. The summed E-state index contributed by atoms with van der Waals surface area (Å²) >= 11 is 0. The predicted octanol–water partition coefficient (Wildman–Crippen LogP) is 3.29. The van der Waals surface area contributed by atoms with Gasteiger partial charge in [0.05, 0.1) is 21.3 Å². The van der Waals surface area contributed by atoms with Crippen molar-refractivity contribution in [2.45, 2.75) is 25.3 Å². The predicted molar refractivity (Wildman–Crippen MR) is 103 cm³/mol. The van der Waals surface area contributed by atoms with Crippen molar-refractivity contribution in [3.05, 3.63) is 41.0 Å². The third-order valence-corrected chi connectivity index (χ3v) is 5.12. The number of phenols is 2. The van der Waals surface area contributed by atoms with Crippen LogP contribution in [-0.2, 0) is 12.8 Å². The number of nitrogens with zero attached hydrogens (tertiary/aromatic N) is 1. The van der Waals surface area contributed by atoms with Gasteiger partial charge in [0.2, 0.25) is 5.75 Å². The molecule has 1 aliphatic heterocycles. The van der Waals surface area contributed by atoms with E-state index in [1.165, 1.54) is 21.3 Å². The van der Waals surface area contributed by atoms with Gasteiger partial charge in [0.15, 0.2) is 23.0 Å². The van der Waals surface area contributed by atoms with Crippen molar-refractivity contribution in [2.24, 2.45) is 0 Å². The minimum absolute atomic E-state index is 0.0294. The van der Waals surface area contributed by atoms with Crippen LogP contribution < -0.4 is 14.2 Å². The highest BCUT2D eigenvalue weighted by molar-refractivity contribution is 5.53. The summed E-state index contributed by atoms with van der Waals surface area (Å²) in [4.78, 5) is 2.01. The van der Waals surface area contributed by atoms with Crippen LogP contribution in [0.3, 0.4) is 0 Å². The van der Waals surface area contributed by atoms with Crippen LogP contribution in [0.2, 0.25) is 0 Å². The number of benzene rings is 2. The lowest BCUT2D eigenvalue weighted by molar-refractivity contribution is 0.218. The smallest absolute Gasteiger partial charge is 0.203 e. The summed E-state index contributed by atoms with van der Waals surface area (Å²) in [5.74, 6) is 1.37. The molecular weight excluding hydrogens is 346 g/mol. The summed E-state index contributed by atoms with van der Waals surface area (Å²) in [5.41, 5.74) is 2.94. The minimum Gasteiger partial charge on any atom is -0.504 e. The summed E-state index contributed by atoms with van der Waals surface area (Å²) in [5, 5.41) is 20.4. The molecule has 3 rings (SSSR count). The molecule has 0 aromatic heterocycles. The number of rotatable bonds is 6. The zero-order chi connectivity index (χ0) is 20.4. The highest BCUT2D eigenvalue weighted by atomic mass is 16.5. The molecule has 0 spiro atoms. The summed E-state index contributed by atoms with van der Waals surface area (Å²) < 4.78 is 24.1. The van der Waals surface area contributed by atoms with Crippen LogP contribution in [0.25, 0.3) is 0 Å². The molecule has 2 aromatic rings. The number of aromatic hydroxyl groups is 2. The Morgan fingerprint density at radius 3 is 2.44 bits per heavy atom. The molecule has 6 nitrogen and oxygen atoms in total. The van der Waals surface area contributed by atoms with E-state index in [0.29, 0.717) is 30.1 Å². The molecule has 2 N–H and O–H groups in total. The van der Waals surface area contributed by atoms with Crippen LogP contribution in [0.4, 0.5) is 0 Å². The first-order valence-electron chi connectivity index (χ1n) is 9.45. The van der Waals surface area contributed by atoms with Gasteiger partial charge in [-0.2, -0.15) is 0 Å². The molecule has 0 radical (unpaired) electrons. The first-order valence-corrected chi connectivity index (χ1v) is 8.87. The molecule has 0 saturated carbocycles. The normalized spacial score (nSPS) is 19.9. The van der Waals surface area contributed by atoms with E-state index in [2.05, 4.69) is 0 Å².